The predicted octanol–water partition coefficient (Wildman–Crippen LogP) is 2.76. The van der Waals surface area contributed by atoms with Gasteiger partial charge in [-0.05, 0) is 74.1 Å². The summed E-state index contributed by atoms with van der Waals surface area (Å²) in [6.07, 6.45) is 11.0. The highest BCUT2D eigenvalue weighted by Crippen LogP contribution is 2.54. The second-order valence-corrected chi connectivity index (χ2v) is 9.48. The minimum absolute atomic E-state index is 0.148. The first-order valence-corrected chi connectivity index (χ1v) is 10.7. The average molecular weight is 355 g/mol. The Morgan fingerprint density at radius 3 is 2.15 bits per heavy atom. The molecule has 6 rings (SSSR count). The van der Waals surface area contributed by atoms with Gasteiger partial charge in [-0.15, -0.1) is 0 Å². The summed E-state index contributed by atoms with van der Waals surface area (Å²) in [5, 5.41) is 5.50. The third kappa shape index (κ3) is 3.24. The van der Waals surface area contributed by atoms with E-state index in [0.29, 0.717) is 12.1 Å². The number of carbonyl (C=O) groups is 1. The lowest BCUT2D eigenvalue weighted by Crippen LogP contribution is -3.00. The Morgan fingerprint density at radius 2 is 1.58 bits per heavy atom. The lowest BCUT2D eigenvalue weighted by atomic mass is 9.53. The molecule has 3 N–H and O–H groups in total. The van der Waals surface area contributed by atoms with Crippen molar-refractivity contribution < 1.29 is 10.1 Å². The first kappa shape index (κ1) is 16.6. The van der Waals surface area contributed by atoms with E-state index in [0.717, 1.165) is 36.5 Å². The van der Waals surface area contributed by atoms with Crippen molar-refractivity contribution in [2.75, 3.05) is 29.9 Å². The number of carbonyl (C=O) groups excluding carboxylic acids is 1. The van der Waals surface area contributed by atoms with Gasteiger partial charge in [0.2, 0.25) is 0 Å². The van der Waals surface area contributed by atoms with E-state index in [1.54, 1.807) is 0 Å². The van der Waals surface area contributed by atoms with E-state index in [4.69, 9.17) is 0 Å². The summed E-state index contributed by atoms with van der Waals surface area (Å²) in [5.41, 5.74) is 2.59. The molecule has 1 saturated heterocycles. The maximum absolute atomic E-state index is 12.5. The minimum Gasteiger partial charge on any atom is -0.372 e. The molecular formula is C22H32N3O+. The van der Waals surface area contributed by atoms with Gasteiger partial charge >= 0.3 is 0 Å². The van der Waals surface area contributed by atoms with E-state index in [1.165, 1.54) is 57.1 Å². The van der Waals surface area contributed by atoms with Gasteiger partial charge in [-0.1, -0.05) is 0 Å². The van der Waals surface area contributed by atoms with Crippen molar-refractivity contribution in [3.63, 3.8) is 0 Å². The molecule has 4 heteroatoms. The summed E-state index contributed by atoms with van der Waals surface area (Å²) >= 11 is 0. The molecule has 1 aromatic rings. The Morgan fingerprint density at radius 1 is 1.00 bits per heavy atom. The van der Waals surface area contributed by atoms with Crippen LogP contribution < -0.4 is 15.5 Å². The summed E-state index contributed by atoms with van der Waals surface area (Å²) in [7, 11) is 0. The standard InChI is InChI=1S/C22H31N3O/c26-21(24-19-3-5-20(6-4-19)25-7-1-2-8-25)15-23-22-12-16-9-17(13-22)11-18(10-16)14-22/h3-6,16-18,23H,1-2,7-15H2,(H,24,26)/p+1. The van der Waals surface area contributed by atoms with Gasteiger partial charge in [0.05, 0.1) is 5.54 Å². The van der Waals surface area contributed by atoms with Crippen molar-refractivity contribution in [1.29, 1.82) is 0 Å². The van der Waals surface area contributed by atoms with Gasteiger partial charge < -0.3 is 15.5 Å². The number of nitrogens with zero attached hydrogens (tertiary/aromatic N) is 1. The molecule has 140 valence electrons. The van der Waals surface area contributed by atoms with Gasteiger partial charge in [-0.25, -0.2) is 0 Å². The number of hydrogen-bond donors (Lipinski definition) is 2. The highest BCUT2D eigenvalue weighted by molar-refractivity contribution is 5.91. The molecule has 26 heavy (non-hydrogen) atoms. The molecule has 4 bridgehead atoms. The van der Waals surface area contributed by atoms with E-state index in [9.17, 15) is 4.79 Å². The van der Waals surface area contributed by atoms with Crippen LogP contribution in [0.3, 0.4) is 0 Å². The van der Waals surface area contributed by atoms with Crippen molar-refractivity contribution in [3.8, 4) is 0 Å². The molecular weight excluding hydrogens is 322 g/mol. The molecule has 4 aliphatic carbocycles. The van der Waals surface area contributed by atoms with E-state index < -0.39 is 0 Å². The number of anilines is 2. The van der Waals surface area contributed by atoms with Crippen LogP contribution in [-0.4, -0.2) is 31.1 Å². The van der Waals surface area contributed by atoms with E-state index in [-0.39, 0.29) is 5.91 Å². The fraction of sp³-hybridized carbons (Fsp3) is 0.682. The van der Waals surface area contributed by atoms with Crippen LogP contribution in [0.25, 0.3) is 0 Å². The molecule has 5 fully saturated rings. The molecule has 1 aliphatic heterocycles. The maximum atomic E-state index is 12.5. The largest absolute Gasteiger partial charge is 0.372 e. The molecule has 0 aromatic heterocycles. The fourth-order valence-electron chi connectivity index (χ4n) is 6.68. The van der Waals surface area contributed by atoms with Crippen molar-refractivity contribution in [2.45, 2.75) is 56.9 Å². The second kappa shape index (κ2) is 6.56. The molecule has 0 radical (unpaired) electrons. The molecule has 0 atom stereocenters. The summed E-state index contributed by atoms with van der Waals surface area (Å²) < 4.78 is 0. The molecule has 4 saturated carbocycles. The van der Waals surface area contributed by atoms with E-state index in [2.05, 4.69) is 39.8 Å². The van der Waals surface area contributed by atoms with Crippen LogP contribution in [0.15, 0.2) is 24.3 Å². The van der Waals surface area contributed by atoms with Gasteiger partial charge in [0.25, 0.3) is 5.91 Å². The number of quaternary nitrogens is 1. The third-order valence-corrected chi connectivity index (χ3v) is 7.43. The third-order valence-electron chi connectivity index (χ3n) is 7.43. The van der Waals surface area contributed by atoms with Crippen LogP contribution >= 0.6 is 0 Å². The predicted molar refractivity (Wildman–Crippen MR) is 104 cm³/mol. The Kier molecular flexibility index (Phi) is 4.19. The quantitative estimate of drug-likeness (QED) is 0.854. The summed E-state index contributed by atoms with van der Waals surface area (Å²) in [4.78, 5) is 14.9. The SMILES string of the molecule is O=C(C[NH2+]C12CC3CC(CC(C3)C1)C2)Nc1ccc(N2CCCC2)cc1. The van der Waals surface area contributed by atoms with Crippen LogP contribution in [0, 0.1) is 17.8 Å². The Labute approximate surface area is 156 Å². The van der Waals surface area contributed by atoms with Gasteiger partial charge in [0.15, 0.2) is 6.54 Å². The van der Waals surface area contributed by atoms with Gasteiger partial charge in [-0.2, -0.15) is 0 Å². The zero-order chi connectivity index (χ0) is 17.6. The Balaban J connectivity index is 1.15. The number of amides is 1. The Bertz CT molecular complexity index is 627. The summed E-state index contributed by atoms with van der Waals surface area (Å²) in [6.45, 7) is 2.89. The highest BCUT2D eigenvalue weighted by Gasteiger charge is 2.53. The van der Waals surface area contributed by atoms with Crippen LogP contribution in [0.1, 0.15) is 51.4 Å². The summed E-state index contributed by atoms with van der Waals surface area (Å²) in [5.74, 6) is 2.98. The number of nitrogens with one attached hydrogen (secondary N) is 1. The smallest absolute Gasteiger partial charge is 0.279 e. The fourth-order valence-corrected chi connectivity index (χ4v) is 6.68. The molecule has 0 spiro atoms. The molecule has 0 unspecified atom stereocenters. The van der Waals surface area contributed by atoms with Crippen LogP contribution in [-0.2, 0) is 4.79 Å². The number of nitrogens with two attached hydrogens (primary N) is 1. The monoisotopic (exact) mass is 354 g/mol. The molecule has 1 aromatic carbocycles. The van der Waals surface area contributed by atoms with E-state index >= 15 is 0 Å². The van der Waals surface area contributed by atoms with Crippen molar-refractivity contribution in [1.82, 2.24) is 0 Å². The van der Waals surface area contributed by atoms with Crippen molar-refractivity contribution >= 4 is 17.3 Å². The molecule has 1 heterocycles. The molecule has 5 aliphatic rings. The minimum atomic E-state index is 0.148. The topological polar surface area (TPSA) is 49.0 Å². The number of benzene rings is 1. The Hall–Kier alpha value is -1.55. The maximum Gasteiger partial charge on any atom is 0.279 e. The highest BCUT2D eigenvalue weighted by atomic mass is 16.1. The van der Waals surface area contributed by atoms with Gasteiger partial charge in [-0.3, -0.25) is 4.79 Å². The van der Waals surface area contributed by atoms with E-state index in [1.807, 2.05) is 0 Å². The van der Waals surface area contributed by atoms with Crippen molar-refractivity contribution in [2.24, 2.45) is 17.8 Å². The van der Waals surface area contributed by atoms with Gasteiger partial charge in [0, 0.05) is 43.7 Å². The van der Waals surface area contributed by atoms with Crippen LogP contribution in [0.5, 0.6) is 0 Å². The zero-order valence-corrected chi connectivity index (χ0v) is 15.8. The molecule has 4 nitrogen and oxygen atoms in total. The lowest BCUT2D eigenvalue weighted by molar-refractivity contribution is -0.729. The average Bonchev–Trinajstić information content (AvgIpc) is 3.14. The first-order chi connectivity index (χ1) is 12.7. The first-order valence-electron chi connectivity index (χ1n) is 10.7. The molecule has 1 amide bonds. The zero-order valence-electron chi connectivity index (χ0n) is 15.8. The normalized spacial score (nSPS) is 35.1. The number of rotatable bonds is 5. The van der Waals surface area contributed by atoms with Crippen LogP contribution in [0.4, 0.5) is 11.4 Å². The summed E-state index contributed by atoms with van der Waals surface area (Å²) in [6, 6.07) is 8.39. The van der Waals surface area contributed by atoms with Gasteiger partial charge in [0.1, 0.15) is 0 Å². The number of hydrogen-bond acceptors (Lipinski definition) is 2. The lowest BCUT2D eigenvalue weighted by Gasteiger charge is -2.54. The van der Waals surface area contributed by atoms with Crippen LogP contribution in [0.2, 0.25) is 0 Å². The van der Waals surface area contributed by atoms with Crippen molar-refractivity contribution in [3.05, 3.63) is 24.3 Å². The second-order valence-electron chi connectivity index (χ2n) is 9.48.